The first-order chi connectivity index (χ1) is 30.7. The molecule has 3 aliphatic carbocycles. The Morgan fingerprint density at radius 1 is 0.468 bits per heavy atom. The van der Waals surface area contributed by atoms with Crippen LogP contribution < -0.4 is 4.90 Å². The van der Waals surface area contributed by atoms with Gasteiger partial charge in [0.1, 0.15) is 0 Å². The molecule has 62 heavy (non-hydrogen) atoms. The van der Waals surface area contributed by atoms with Gasteiger partial charge in [-0.1, -0.05) is 158 Å². The minimum Gasteiger partial charge on any atom is -0.357 e. The van der Waals surface area contributed by atoms with Crippen molar-refractivity contribution in [1.29, 1.82) is 0 Å². The van der Waals surface area contributed by atoms with Crippen LogP contribution in [0.25, 0.3) is 66.4 Å². The summed E-state index contributed by atoms with van der Waals surface area (Å²) in [6.07, 6.45) is 23.4. The van der Waals surface area contributed by atoms with E-state index < -0.39 is 0 Å². The molecule has 0 saturated carbocycles. The molecule has 4 aliphatic rings. The van der Waals surface area contributed by atoms with Crippen molar-refractivity contribution in [2.45, 2.75) is 43.7 Å². The third-order valence-electron chi connectivity index (χ3n) is 13.9. The normalized spacial score (nSPS) is 20.3. The zero-order valence-electron chi connectivity index (χ0n) is 34.8. The molecule has 0 radical (unpaired) electrons. The van der Waals surface area contributed by atoms with Gasteiger partial charge in [-0.25, -0.2) is 0 Å². The van der Waals surface area contributed by atoms with Crippen molar-refractivity contribution in [2.75, 3.05) is 4.90 Å². The van der Waals surface area contributed by atoms with Gasteiger partial charge in [-0.2, -0.15) is 0 Å². The largest absolute Gasteiger partial charge is 0.357 e. The van der Waals surface area contributed by atoms with Crippen LogP contribution in [0, 0.1) is 5.92 Å². The van der Waals surface area contributed by atoms with Crippen molar-refractivity contribution in [3.8, 4) is 39.1 Å². The Bertz CT molecular complexity index is 3120. The summed E-state index contributed by atoms with van der Waals surface area (Å²) in [6.45, 7) is 0. The van der Waals surface area contributed by atoms with Crippen LogP contribution in [0.3, 0.4) is 0 Å². The average molecular weight is 797 g/mol. The third-order valence-corrected chi connectivity index (χ3v) is 13.9. The van der Waals surface area contributed by atoms with E-state index in [0.717, 1.165) is 25.7 Å². The SMILES string of the molecule is C1=CC2C3=CC(c4ccc5c(c4)c4ccccc4n5-c4ccc(-c5cc(C6=CCCC=C6)cc(-c6ccccc6)c5)cc4)CCC3N(c3ccc(-c4ccccc4)cc3)C2C=C1. The minimum absolute atomic E-state index is 0.339. The van der Waals surface area contributed by atoms with Crippen LogP contribution in [-0.2, 0) is 0 Å². The highest BCUT2D eigenvalue weighted by atomic mass is 15.2. The molecule has 1 aliphatic heterocycles. The number of allylic oxidation sites excluding steroid dienone is 7. The molecular formula is C60H48N2. The van der Waals surface area contributed by atoms with Gasteiger partial charge in [0.15, 0.2) is 0 Å². The second kappa shape index (κ2) is 15.4. The van der Waals surface area contributed by atoms with Crippen LogP contribution >= 0.6 is 0 Å². The quantitative estimate of drug-likeness (QED) is 0.146. The van der Waals surface area contributed by atoms with Crippen molar-refractivity contribution < 1.29 is 0 Å². The Hall–Kier alpha value is -7.16. The lowest BCUT2D eigenvalue weighted by molar-refractivity contribution is 0.565. The predicted octanol–water partition coefficient (Wildman–Crippen LogP) is 15.3. The maximum Gasteiger partial charge on any atom is 0.0583 e. The summed E-state index contributed by atoms with van der Waals surface area (Å²) in [6, 6.07) is 64.0. The zero-order valence-corrected chi connectivity index (χ0v) is 34.8. The number of benzene rings is 7. The molecule has 12 rings (SSSR count). The van der Waals surface area contributed by atoms with E-state index in [1.165, 1.54) is 83.3 Å². The third kappa shape index (κ3) is 6.41. The summed E-state index contributed by atoms with van der Waals surface area (Å²) in [5.74, 6) is 0.771. The molecule has 2 heterocycles. The lowest BCUT2D eigenvalue weighted by Gasteiger charge is -2.34. The topological polar surface area (TPSA) is 8.17 Å². The smallest absolute Gasteiger partial charge is 0.0583 e. The summed E-state index contributed by atoms with van der Waals surface area (Å²) in [4.78, 5) is 2.70. The Labute approximate surface area is 364 Å². The molecule has 4 unspecified atom stereocenters. The van der Waals surface area contributed by atoms with Gasteiger partial charge in [0.05, 0.1) is 23.1 Å². The summed E-state index contributed by atoms with van der Waals surface area (Å²) in [5.41, 5.74) is 18.0. The van der Waals surface area contributed by atoms with Crippen LogP contribution in [0.15, 0.2) is 224 Å². The van der Waals surface area contributed by atoms with Gasteiger partial charge in [0, 0.05) is 34.0 Å². The average Bonchev–Trinajstić information content (AvgIpc) is 3.87. The highest BCUT2D eigenvalue weighted by Gasteiger charge is 2.45. The molecule has 0 N–H and O–H groups in total. The minimum atomic E-state index is 0.339. The number of hydrogen-bond donors (Lipinski definition) is 0. The summed E-state index contributed by atoms with van der Waals surface area (Å²) >= 11 is 0. The number of rotatable bonds is 7. The van der Waals surface area contributed by atoms with E-state index in [4.69, 9.17) is 0 Å². The van der Waals surface area contributed by atoms with Gasteiger partial charge in [-0.3, -0.25) is 0 Å². The number of fused-ring (bicyclic) bond motifs is 6. The van der Waals surface area contributed by atoms with E-state index in [1.54, 1.807) is 5.57 Å². The second-order valence-electron chi connectivity index (χ2n) is 17.5. The van der Waals surface area contributed by atoms with E-state index in [-0.39, 0.29) is 0 Å². The molecule has 298 valence electrons. The molecular weight excluding hydrogens is 749 g/mol. The van der Waals surface area contributed by atoms with E-state index in [1.807, 2.05) is 0 Å². The highest BCUT2D eigenvalue weighted by molar-refractivity contribution is 6.09. The zero-order chi connectivity index (χ0) is 41.0. The fraction of sp³-hybridized carbons (Fsp3) is 0.133. The monoisotopic (exact) mass is 796 g/mol. The van der Waals surface area contributed by atoms with E-state index in [2.05, 4.69) is 228 Å². The van der Waals surface area contributed by atoms with Crippen LogP contribution in [0.2, 0.25) is 0 Å². The van der Waals surface area contributed by atoms with Gasteiger partial charge in [0.2, 0.25) is 0 Å². The fourth-order valence-corrected chi connectivity index (χ4v) is 10.9. The van der Waals surface area contributed by atoms with Gasteiger partial charge in [-0.05, 0) is 142 Å². The van der Waals surface area contributed by atoms with Crippen LogP contribution in [0.4, 0.5) is 5.69 Å². The molecule has 8 aromatic rings. The number of para-hydroxylation sites is 1. The van der Waals surface area contributed by atoms with E-state index in [0.29, 0.717) is 23.9 Å². The van der Waals surface area contributed by atoms with E-state index in [9.17, 15) is 0 Å². The Morgan fingerprint density at radius 3 is 1.84 bits per heavy atom. The van der Waals surface area contributed by atoms with Crippen molar-refractivity contribution in [1.82, 2.24) is 4.57 Å². The molecule has 1 fully saturated rings. The first-order valence-corrected chi connectivity index (χ1v) is 22.5. The van der Waals surface area contributed by atoms with Crippen LogP contribution in [-0.4, -0.2) is 16.7 Å². The molecule has 1 aromatic heterocycles. The van der Waals surface area contributed by atoms with Gasteiger partial charge in [-0.15, -0.1) is 0 Å². The second-order valence-corrected chi connectivity index (χ2v) is 17.5. The van der Waals surface area contributed by atoms with Gasteiger partial charge in [0.25, 0.3) is 0 Å². The highest BCUT2D eigenvalue weighted by Crippen LogP contribution is 2.48. The fourth-order valence-electron chi connectivity index (χ4n) is 10.9. The standard InChI is InChI=1S/C60H48N2/c1-4-14-41(15-5-1)44-24-30-51(31-25-44)61-57-22-12-10-20-53(57)55-39-46(28-34-59(55)61)47-29-35-60-56(40-47)54-21-11-13-23-58(54)62(60)52-32-26-45(27-33-52)50-37-48(42-16-6-2-7-17-42)36-49(38-50)43-18-8-3-9-19-43/h1-2,4-8,10-27,29-33,35-40,46,53,57,59H,3,9,28,34H2. The lowest BCUT2D eigenvalue weighted by Crippen LogP contribution is -2.37. The summed E-state index contributed by atoms with van der Waals surface area (Å²) in [7, 11) is 0. The Morgan fingerprint density at radius 2 is 1.10 bits per heavy atom. The first-order valence-electron chi connectivity index (χ1n) is 22.5. The van der Waals surface area contributed by atoms with Crippen LogP contribution in [0.5, 0.6) is 0 Å². The predicted molar refractivity (Wildman–Crippen MR) is 262 cm³/mol. The lowest BCUT2D eigenvalue weighted by atomic mass is 9.79. The summed E-state index contributed by atoms with van der Waals surface area (Å²) in [5, 5.41) is 2.62. The Balaban J connectivity index is 0.875. The Kier molecular flexibility index (Phi) is 9.10. The van der Waals surface area contributed by atoms with Crippen molar-refractivity contribution in [3.63, 3.8) is 0 Å². The molecule has 0 bridgehead atoms. The van der Waals surface area contributed by atoms with Crippen molar-refractivity contribution >= 4 is 33.1 Å². The van der Waals surface area contributed by atoms with Crippen molar-refractivity contribution in [3.05, 3.63) is 235 Å². The number of aromatic nitrogens is 1. The molecule has 4 atom stereocenters. The van der Waals surface area contributed by atoms with Gasteiger partial charge >= 0.3 is 0 Å². The molecule has 1 saturated heterocycles. The molecule has 0 amide bonds. The van der Waals surface area contributed by atoms with Gasteiger partial charge < -0.3 is 9.47 Å². The molecule has 7 aromatic carbocycles. The number of anilines is 1. The number of nitrogens with zero attached hydrogens (tertiary/aromatic N) is 2. The molecule has 2 heteroatoms. The van der Waals surface area contributed by atoms with Crippen LogP contribution in [0.1, 0.15) is 42.7 Å². The molecule has 2 nitrogen and oxygen atoms in total. The van der Waals surface area contributed by atoms with E-state index >= 15 is 0 Å². The van der Waals surface area contributed by atoms with Crippen molar-refractivity contribution in [2.24, 2.45) is 5.92 Å². The molecule has 0 spiro atoms. The summed E-state index contributed by atoms with van der Waals surface area (Å²) < 4.78 is 2.46. The first kappa shape index (κ1) is 36.7. The number of hydrogen-bond acceptors (Lipinski definition) is 1. The maximum absolute atomic E-state index is 2.70. The maximum atomic E-state index is 2.70.